The van der Waals surface area contributed by atoms with Crippen molar-refractivity contribution in [2.45, 2.75) is 6.54 Å². The van der Waals surface area contributed by atoms with Crippen molar-refractivity contribution >= 4 is 0 Å². The molecule has 2 rings (SSSR count). The first kappa shape index (κ1) is 11.1. The van der Waals surface area contributed by atoms with E-state index in [-0.39, 0.29) is 12.6 Å². The van der Waals surface area contributed by atoms with Gasteiger partial charge in [0, 0.05) is 6.54 Å². The van der Waals surface area contributed by atoms with Gasteiger partial charge in [0.25, 0.3) is 6.20 Å². The minimum Gasteiger partial charge on any atom is -0.454 e. The van der Waals surface area contributed by atoms with Gasteiger partial charge in [-0.05, 0) is 17.7 Å². The molecule has 0 atom stereocenters. The number of fused-ring (bicyclic) bond motifs is 1. The molecule has 90 valence electrons. The van der Waals surface area contributed by atoms with Gasteiger partial charge in [-0.2, -0.15) is 0 Å². The second-order valence-corrected chi connectivity index (χ2v) is 3.41. The van der Waals surface area contributed by atoms with Crippen LogP contribution in [0.1, 0.15) is 5.56 Å². The van der Waals surface area contributed by atoms with Gasteiger partial charge in [-0.1, -0.05) is 6.07 Å². The Morgan fingerprint density at radius 1 is 1.53 bits per heavy atom. The van der Waals surface area contributed by atoms with Crippen LogP contribution >= 0.6 is 0 Å². The van der Waals surface area contributed by atoms with Gasteiger partial charge in [0.05, 0.1) is 4.92 Å². The number of nitro groups is 1. The van der Waals surface area contributed by atoms with Gasteiger partial charge in [-0.25, -0.2) is 0 Å². The van der Waals surface area contributed by atoms with Crippen LogP contribution < -0.4 is 20.5 Å². The summed E-state index contributed by atoms with van der Waals surface area (Å²) in [6.07, 6.45) is 0.715. The van der Waals surface area contributed by atoms with Gasteiger partial charge in [0.2, 0.25) is 6.79 Å². The van der Waals surface area contributed by atoms with Gasteiger partial charge in [-0.15, -0.1) is 0 Å². The summed E-state index contributed by atoms with van der Waals surface area (Å²) in [4.78, 5) is 9.54. The maximum absolute atomic E-state index is 10.1. The molecule has 0 saturated heterocycles. The van der Waals surface area contributed by atoms with E-state index in [2.05, 4.69) is 5.32 Å². The summed E-state index contributed by atoms with van der Waals surface area (Å²) < 4.78 is 10.4. The summed E-state index contributed by atoms with van der Waals surface area (Å²) in [5.41, 5.74) is 6.28. The highest BCUT2D eigenvalue weighted by Gasteiger charge is 2.12. The minimum absolute atomic E-state index is 0.00710. The van der Waals surface area contributed by atoms with Crippen molar-refractivity contribution in [3.8, 4) is 11.5 Å². The summed E-state index contributed by atoms with van der Waals surface area (Å²) in [5.74, 6) is 1.37. The molecule has 0 amide bonds. The number of nitrogens with zero attached hydrogens (tertiary/aromatic N) is 1. The van der Waals surface area contributed by atoms with E-state index in [1.165, 1.54) is 0 Å². The van der Waals surface area contributed by atoms with Crippen molar-refractivity contribution in [1.82, 2.24) is 5.32 Å². The second-order valence-electron chi connectivity index (χ2n) is 3.41. The van der Waals surface area contributed by atoms with Gasteiger partial charge >= 0.3 is 0 Å². The molecule has 0 aliphatic carbocycles. The number of hydrogen-bond donors (Lipinski definition) is 2. The van der Waals surface area contributed by atoms with Crippen LogP contribution in [0, 0.1) is 10.1 Å². The molecule has 1 aromatic rings. The largest absolute Gasteiger partial charge is 0.454 e. The molecule has 1 aromatic carbocycles. The van der Waals surface area contributed by atoms with E-state index in [0.717, 1.165) is 5.56 Å². The Hall–Kier alpha value is -2.44. The average molecular weight is 237 g/mol. The minimum atomic E-state index is -0.609. The Balaban J connectivity index is 1.98. The molecular formula is C10H11N3O4. The van der Waals surface area contributed by atoms with Crippen LogP contribution in [0.5, 0.6) is 11.5 Å². The molecule has 7 heteroatoms. The van der Waals surface area contributed by atoms with E-state index < -0.39 is 4.92 Å². The first-order valence-corrected chi connectivity index (χ1v) is 4.88. The Bertz CT molecular complexity index is 473. The van der Waals surface area contributed by atoms with Crippen LogP contribution in [0.4, 0.5) is 0 Å². The summed E-state index contributed by atoms with van der Waals surface area (Å²) in [6.45, 7) is 0.600. The molecule has 17 heavy (non-hydrogen) atoms. The molecule has 0 aromatic heterocycles. The average Bonchev–Trinajstić information content (AvgIpc) is 2.72. The summed E-state index contributed by atoms with van der Waals surface area (Å²) in [7, 11) is 0. The number of ether oxygens (including phenoxy) is 2. The summed E-state index contributed by atoms with van der Waals surface area (Å²) >= 11 is 0. The van der Waals surface area contributed by atoms with E-state index in [4.69, 9.17) is 15.2 Å². The zero-order chi connectivity index (χ0) is 12.3. The Kier molecular flexibility index (Phi) is 2.99. The van der Waals surface area contributed by atoms with Crippen molar-refractivity contribution in [1.29, 1.82) is 0 Å². The predicted molar refractivity (Wildman–Crippen MR) is 58.7 cm³/mol. The molecule has 1 heterocycles. The van der Waals surface area contributed by atoms with Crippen molar-refractivity contribution < 1.29 is 14.4 Å². The van der Waals surface area contributed by atoms with Crippen molar-refractivity contribution in [3.05, 3.63) is 45.9 Å². The molecule has 3 N–H and O–H groups in total. The van der Waals surface area contributed by atoms with Crippen LogP contribution in [-0.4, -0.2) is 11.7 Å². The third-order valence-electron chi connectivity index (χ3n) is 2.18. The lowest BCUT2D eigenvalue weighted by Crippen LogP contribution is -2.20. The second kappa shape index (κ2) is 4.60. The van der Waals surface area contributed by atoms with E-state index in [9.17, 15) is 10.1 Å². The Labute approximate surface area is 97.0 Å². The molecular weight excluding hydrogens is 226 g/mol. The fourth-order valence-electron chi connectivity index (χ4n) is 1.41. The van der Waals surface area contributed by atoms with Gasteiger partial charge in [0.15, 0.2) is 17.3 Å². The number of benzene rings is 1. The lowest BCUT2D eigenvalue weighted by molar-refractivity contribution is -0.403. The Morgan fingerprint density at radius 2 is 2.29 bits per heavy atom. The van der Waals surface area contributed by atoms with E-state index >= 15 is 0 Å². The molecule has 0 unspecified atom stereocenters. The van der Waals surface area contributed by atoms with Crippen LogP contribution in [0.25, 0.3) is 0 Å². The number of rotatable bonds is 4. The lowest BCUT2D eigenvalue weighted by Gasteiger charge is -2.05. The summed E-state index contributed by atoms with van der Waals surface area (Å²) in [5, 5.41) is 12.9. The fraction of sp³-hybridized carbons (Fsp3) is 0.200. The van der Waals surface area contributed by atoms with Gasteiger partial charge in [-0.3, -0.25) is 10.1 Å². The maximum atomic E-state index is 10.1. The monoisotopic (exact) mass is 237 g/mol. The standard InChI is InChI=1S/C10H11N3O4/c11-10(5-13(14)15)12-4-7-1-2-8-9(3-7)17-6-16-8/h1-3,5,12H,4,6,11H2/b10-5-. The SMILES string of the molecule is N/C(=C/[N+](=O)[O-])NCc1ccc2c(c1)OCO2. The normalized spacial score (nSPS) is 13.5. The van der Waals surface area contributed by atoms with Crippen molar-refractivity contribution in [2.75, 3.05) is 6.79 Å². The highest BCUT2D eigenvalue weighted by Crippen LogP contribution is 2.32. The molecule has 0 saturated carbocycles. The highest BCUT2D eigenvalue weighted by atomic mass is 16.7. The van der Waals surface area contributed by atoms with Crippen LogP contribution in [0.3, 0.4) is 0 Å². The third-order valence-corrected chi connectivity index (χ3v) is 2.18. The van der Waals surface area contributed by atoms with E-state index in [0.29, 0.717) is 24.2 Å². The quantitative estimate of drug-likeness (QED) is 0.585. The molecule has 0 bridgehead atoms. The van der Waals surface area contributed by atoms with Gasteiger partial charge in [0.1, 0.15) is 0 Å². The smallest absolute Gasteiger partial charge is 0.273 e. The zero-order valence-electron chi connectivity index (χ0n) is 8.88. The van der Waals surface area contributed by atoms with Crippen LogP contribution in [-0.2, 0) is 6.54 Å². The first-order valence-electron chi connectivity index (χ1n) is 4.88. The Morgan fingerprint density at radius 3 is 3.06 bits per heavy atom. The number of nitrogens with one attached hydrogen (secondary N) is 1. The zero-order valence-corrected chi connectivity index (χ0v) is 8.88. The molecule has 7 nitrogen and oxygen atoms in total. The third kappa shape index (κ3) is 2.77. The summed E-state index contributed by atoms with van der Waals surface area (Å²) in [6, 6.07) is 5.42. The van der Waals surface area contributed by atoms with Crippen molar-refractivity contribution in [3.63, 3.8) is 0 Å². The van der Waals surface area contributed by atoms with Crippen LogP contribution in [0.15, 0.2) is 30.2 Å². The number of nitrogens with two attached hydrogens (primary N) is 1. The first-order chi connectivity index (χ1) is 8.15. The number of hydrogen-bond acceptors (Lipinski definition) is 6. The van der Waals surface area contributed by atoms with Crippen molar-refractivity contribution in [2.24, 2.45) is 5.73 Å². The fourth-order valence-corrected chi connectivity index (χ4v) is 1.41. The molecule has 0 fully saturated rings. The predicted octanol–water partition coefficient (Wildman–Crippen LogP) is 0.539. The van der Waals surface area contributed by atoms with E-state index in [1.54, 1.807) is 12.1 Å². The van der Waals surface area contributed by atoms with Crippen LogP contribution in [0.2, 0.25) is 0 Å². The highest BCUT2D eigenvalue weighted by molar-refractivity contribution is 5.44. The molecule has 1 aliphatic rings. The maximum Gasteiger partial charge on any atom is 0.273 e. The lowest BCUT2D eigenvalue weighted by atomic mass is 10.2. The molecule has 0 radical (unpaired) electrons. The van der Waals surface area contributed by atoms with Gasteiger partial charge < -0.3 is 20.5 Å². The topological polar surface area (TPSA) is 99.7 Å². The molecule has 0 spiro atoms. The van der Waals surface area contributed by atoms with E-state index in [1.807, 2.05) is 6.07 Å². The molecule has 1 aliphatic heterocycles.